The van der Waals surface area contributed by atoms with Gasteiger partial charge in [0.05, 0.1) is 60.0 Å². The Labute approximate surface area is 371 Å². The Kier molecular flexibility index (Phi) is 23.7. The number of ether oxygens (including phenoxy) is 9. The van der Waals surface area contributed by atoms with Crippen LogP contribution in [0.4, 0.5) is 0 Å². The lowest BCUT2D eigenvalue weighted by atomic mass is 9.99. The standard InChI is InChI=1S/C52H72O10/c1-42-38-44(39-51(54-2)52(42)61-29-12-8-5-9-26-53)15-13-14-43-16-19-46(20-17-43)47-21-23-48(24-22-47)62-41-45-18-25-49-50(40-45)60-37-35-58-33-31-56-28-11-7-4-3-6-10-27-55-30-32-57-34-36-59-49/h16-17,19-24,38-39,50,53H,3-15,26-37,40-41H2,1-2H3. The minimum absolute atomic E-state index is 0.254. The quantitative estimate of drug-likeness (QED) is 0.111. The van der Waals surface area contributed by atoms with Crippen LogP contribution in [0.1, 0.15) is 93.7 Å². The van der Waals surface area contributed by atoms with Gasteiger partial charge in [0.15, 0.2) is 17.3 Å². The second kappa shape index (κ2) is 30.1. The molecule has 3 aromatic rings. The number of aliphatic hydroxyl groups is 1. The molecule has 1 fully saturated rings. The molecule has 3 aromatic carbocycles. The normalized spacial score (nSPS) is 18.0. The van der Waals surface area contributed by atoms with Crippen molar-refractivity contribution in [2.24, 2.45) is 0 Å². The molecule has 10 heteroatoms. The van der Waals surface area contributed by atoms with E-state index in [0.717, 1.165) is 105 Å². The summed E-state index contributed by atoms with van der Waals surface area (Å²) in [6.07, 6.45) is 14.2. The SMILES string of the molecule is COc1cc(CCCc2ccc(-c3ccc(OCC4=C=C=C5OCCOCCOCCCCCCCCOCCOCCOC5C4)cc3)cc2)cc(C)c1OCCCCCCO. The number of rotatable bonds is 16. The highest BCUT2D eigenvalue weighted by atomic mass is 16.6. The number of aryl methyl sites for hydroxylation is 3. The molecule has 0 spiro atoms. The molecule has 1 aliphatic carbocycles. The Morgan fingerprint density at radius 2 is 1.23 bits per heavy atom. The number of fused-ring (bicyclic) bond motifs is 1. The summed E-state index contributed by atoms with van der Waals surface area (Å²) in [6, 6.07) is 21.4. The largest absolute Gasteiger partial charge is 0.493 e. The second-order valence-electron chi connectivity index (χ2n) is 16.0. The molecule has 0 amide bonds. The van der Waals surface area contributed by atoms with Gasteiger partial charge in [-0.3, -0.25) is 0 Å². The van der Waals surface area contributed by atoms with Gasteiger partial charge in [0, 0.05) is 31.8 Å². The lowest BCUT2D eigenvalue weighted by Gasteiger charge is -2.22. The van der Waals surface area contributed by atoms with Crippen molar-refractivity contribution in [1.29, 1.82) is 0 Å². The van der Waals surface area contributed by atoms with Crippen LogP contribution < -0.4 is 14.2 Å². The molecule has 1 atom stereocenters. The Morgan fingerprint density at radius 1 is 0.613 bits per heavy atom. The van der Waals surface area contributed by atoms with Crippen LogP contribution in [0.5, 0.6) is 17.2 Å². The van der Waals surface area contributed by atoms with E-state index in [1.54, 1.807) is 7.11 Å². The van der Waals surface area contributed by atoms with E-state index in [-0.39, 0.29) is 12.7 Å². The van der Waals surface area contributed by atoms with Crippen molar-refractivity contribution in [3.05, 3.63) is 100 Å². The molecule has 5 rings (SSSR count). The molecular formula is C52H72O10. The Bertz CT molecular complexity index is 1780. The molecule has 1 unspecified atom stereocenters. The number of aliphatic hydroxyl groups excluding tert-OH is 1. The summed E-state index contributed by atoms with van der Waals surface area (Å²) in [5.74, 6) is 3.04. The van der Waals surface area contributed by atoms with E-state index in [1.165, 1.54) is 42.4 Å². The molecule has 1 heterocycles. The number of methoxy groups -OCH3 is 1. The number of hydrogen-bond donors (Lipinski definition) is 1. The molecule has 0 aromatic heterocycles. The van der Waals surface area contributed by atoms with E-state index in [0.29, 0.717) is 78.2 Å². The first-order chi connectivity index (χ1) is 30.6. The van der Waals surface area contributed by atoms with Crippen molar-refractivity contribution in [2.75, 3.05) is 93.0 Å². The Morgan fingerprint density at radius 3 is 1.92 bits per heavy atom. The van der Waals surface area contributed by atoms with Crippen LogP contribution in [-0.4, -0.2) is 104 Å². The van der Waals surface area contributed by atoms with E-state index in [1.807, 2.05) is 12.1 Å². The van der Waals surface area contributed by atoms with E-state index in [4.69, 9.17) is 47.7 Å². The van der Waals surface area contributed by atoms with Crippen molar-refractivity contribution >= 4 is 0 Å². The van der Waals surface area contributed by atoms with Crippen LogP contribution >= 0.6 is 0 Å². The molecule has 0 bridgehead atoms. The fourth-order valence-corrected chi connectivity index (χ4v) is 7.49. The minimum Gasteiger partial charge on any atom is -0.493 e. The first-order valence-corrected chi connectivity index (χ1v) is 23.1. The summed E-state index contributed by atoms with van der Waals surface area (Å²) in [5, 5.41) is 8.98. The third kappa shape index (κ3) is 18.7. The van der Waals surface area contributed by atoms with Crippen molar-refractivity contribution in [2.45, 2.75) is 103 Å². The molecule has 1 aliphatic heterocycles. The fourth-order valence-electron chi connectivity index (χ4n) is 7.49. The van der Waals surface area contributed by atoms with Crippen LogP contribution in [0.25, 0.3) is 11.1 Å². The lowest BCUT2D eigenvalue weighted by Crippen LogP contribution is -2.24. The van der Waals surface area contributed by atoms with E-state index >= 15 is 0 Å². The number of hydrogen-bond acceptors (Lipinski definition) is 10. The molecule has 0 saturated carbocycles. The highest BCUT2D eigenvalue weighted by Crippen LogP contribution is 2.33. The van der Waals surface area contributed by atoms with E-state index in [9.17, 15) is 0 Å². The lowest BCUT2D eigenvalue weighted by molar-refractivity contribution is -0.0259. The van der Waals surface area contributed by atoms with Crippen molar-refractivity contribution < 1.29 is 47.7 Å². The second-order valence-corrected chi connectivity index (χ2v) is 16.0. The van der Waals surface area contributed by atoms with Gasteiger partial charge < -0.3 is 47.7 Å². The van der Waals surface area contributed by atoms with Crippen LogP contribution in [0, 0.1) is 6.92 Å². The predicted octanol–water partition coefficient (Wildman–Crippen LogP) is 9.95. The fraction of sp³-hybridized carbons (Fsp3) is 0.577. The first-order valence-electron chi connectivity index (χ1n) is 23.1. The first kappa shape index (κ1) is 48.9. The van der Waals surface area contributed by atoms with Crippen LogP contribution in [-0.2, 0) is 41.3 Å². The minimum atomic E-state index is -0.308. The van der Waals surface area contributed by atoms with Crippen LogP contribution in [0.2, 0.25) is 0 Å². The highest BCUT2D eigenvalue weighted by Gasteiger charge is 2.22. The van der Waals surface area contributed by atoms with Gasteiger partial charge in [-0.15, -0.1) is 0 Å². The molecule has 62 heavy (non-hydrogen) atoms. The zero-order valence-electron chi connectivity index (χ0n) is 37.6. The van der Waals surface area contributed by atoms with Gasteiger partial charge in [0.1, 0.15) is 25.1 Å². The van der Waals surface area contributed by atoms with E-state index in [2.05, 4.69) is 66.9 Å². The van der Waals surface area contributed by atoms with Gasteiger partial charge in [0.2, 0.25) is 0 Å². The summed E-state index contributed by atoms with van der Waals surface area (Å²) in [4.78, 5) is 0. The van der Waals surface area contributed by atoms with Gasteiger partial charge in [-0.1, -0.05) is 80.3 Å². The monoisotopic (exact) mass is 857 g/mol. The third-order valence-electron chi connectivity index (χ3n) is 11.0. The zero-order chi connectivity index (χ0) is 43.3. The molecule has 340 valence electrons. The van der Waals surface area contributed by atoms with Crippen LogP contribution in [0.3, 0.4) is 0 Å². The van der Waals surface area contributed by atoms with Crippen molar-refractivity contribution in [1.82, 2.24) is 0 Å². The smallest absolute Gasteiger partial charge is 0.175 e. The Balaban J connectivity index is 1.06. The summed E-state index contributed by atoms with van der Waals surface area (Å²) < 4.78 is 53.3. The molecule has 2 aliphatic rings. The average Bonchev–Trinajstić information content (AvgIpc) is 3.29. The van der Waals surface area contributed by atoms with Crippen molar-refractivity contribution in [3.8, 4) is 28.4 Å². The van der Waals surface area contributed by atoms with Gasteiger partial charge >= 0.3 is 0 Å². The maximum Gasteiger partial charge on any atom is 0.175 e. The summed E-state index contributed by atoms with van der Waals surface area (Å²) in [5.41, 5.74) is 13.4. The zero-order valence-corrected chi connectivity index (χ0v) is 37.6. The van der Waals surface area contributed by atoms with Gasteiger partial charge in [0.25, 0.3) is 0 Å². The van der Waals surface area contributed by atoms with Crippen molar-refractivity contribution in [3.63, 3.8) is 0 Å². The topological polar surface area (TPSA) is 103 Å². The van der Waals surface area contributed by atoms with E-state index < -0.39 is 0 Å². The number of unbranched alkanes of at least 4 members (excludes halogenated alkanes) is 3. The summed E-state index contributed by atoms with van der Waals surface area (Å²) in [7, 11) is 1.71. The summed E-state index contributed by atoms with van der Waals surface area (Å²) in [6.45, 7) is 8.97. The molecule has 10 nitrogen and oxygen atoms in total. The molecular weight excluding hydrogens is 785 g/mol. The maximum atomic E-state index is 8.98. The van der Waals surface area contributed by atoms with Crippen LogP contribution in [0.15, 0.2) is 83.5 Å². The molecule has 0 radical (unpaired) electrons. The predicted molar refractivity (Wildman–Crippen MR) is 244 cm³/mol. The summed E-state index contributed by atoms with van der Waals surface area (Å²) >= 11 is 0. The maximum absolute atomic E-state index is 8.98. The average molecular weight is 857 g/mol. The van der Waals surface area contributed by atoms with Gasteiger partial charge in [-0.05, 0) is 110 Å². The highest BCUT2D eigenvalue weighted by molar-refractivity contribution is 5.64. The molecule has 1 saturated heterocycles. The third-order valence-corrected chi connectivity index (χ3v) is 11.0. The van der Waals surface area contributed by atoms with Gasteiger partial charge in [-0.25, -0.2) is 0 Å². The van der Waals surface area contributed by atoms with Gasteiger partial charge in [-0.2, -0.15) is 0 Å². The molecule has 1 N–H and O–H groups in total. The Hall–Kier alpha value is -4.08. The number of benzene rings is 3.